The van der Waals surface area contributed by atoms with E-state index in [9.17, 15) is 4.79 Å². The van der Waals surface area contributed by atoms with Crippen LogP contribution in [0.1, 0.15) is 25.5 Å². The first kappa shape index (κ1) is 16.6. The van der Waals surface area contributed by atoms with Gasteiger partial charge in [0, 0.05) is 26.1 Å². The lowest BCUT2D eigenvalue weighted by atomic mass is 10.1. The van der Waals surface area contributed by atoms with Crippen molar-refractivity contribution in [1.29, 1.82) is 0 Å². The first-order valence-electron chi connectivity index (χ1n) is 6.67. The van der Waals surface area contributed by atoms with E-state index in [4.69, 9.17) is 22.7 Å². The molecule has 5 heteroatoms. The molecular formula is C15H22N2O2S. The molecule has 0 radical (unpaired) electrons. The number of likely N-dealkylation sites (N-methyl/N-ethyl adjacent to an activating group) is 1. The summed E-state index contributed by atoms with van der Waals surface area (Å²) in [7, 11) is 1.54. The second-order valence-corrected chi connectivity index (χ2v) is 5.18. The average Bonchev–Trinajstić information content (AvgIpc) is 2.46. The maximum Gasteiger partial charge on any atom is 0.256 e. The summed E-state index contributed by atoms with van der Waals surface area (Å²) in [5, 5.41) is 0. The molecule has 0 bridgehead atoms. The van der Waals surface area contributed by atoms with E-state index in [1.807, 2.05) is 44.2 Å². The molecule has 0 aliphatic heterocycles. The largest absolute Gasteiger partial charge is 0.393 e. The van der Waals surface area contributed by atoms with Crippen molar-refractivity contribution in [1.82, 2.24) is 4.90 Å². The number of hydrogen-bond acceptors (Lipinski definition) is 3. The van der Waals surface area contributed by atoms with Crippen LogP contribution in [0.2, 0.25) is 0 Å². The molecule has 1 aromatic rings. The van der Waals surface area contributed by atoms with Crippen LogP contribution in [0, 0.1) is 5.92 Å². The number of thiocarbonyl (C=S) groups is 1. The minimum Gasteiger partial charge on any atom is -0.393 e. The summed E-state index contributed by atoms with van der Waals surface area (Å²) in [6.07, 6.45) is -0.588. The normalized spacial score (nSPS) is 13.6. The summed E-state index contributed by atoms with van der Waals surface area (Å²) >= 11 is 4.97. The molecule has 0 aliphatic rings. The van der Waals surface area contributed by atoms with Crippen LogP contribution >= 0.6 is 12.2 Å². The van der Waals surface area contributed by atoms with Gasteiger partial charge in [-0.25, -0.2) is 0 Å². The predicted molar refractivity (Wildman–Crippen MR) is 84.4 cm³/mol. The molecule has 1 amide bonds. The quantitative estimate of drug-likeness (QED) is 0.783. The lowest BCUT2D eigenvalue weighted by molar-refractivity contribution is -0.142. The van der Waals surface area contributed by atoms with E-state index in [0.717, 1.165) is 5.56 Å². The summed E-state index contributed by atoms with van der Waals surface area (Å²) in [5.41, 5.74) is 6.47. The Bertz CT molecular complexity index is 450. The molecule has 0 aliphatic carbocycles. The Kier molecular flexibility index (Phi) is 6.61. The molecule has 2 atom stereocenters. The van der Waals surface area contributed by atoms with Gasteiger partial charge in [0.1, 0.15) is 0 Å². The highest BCUT2D eigenvalue weighted by Crippen LogP contribution is 2.19. The number of nitrogens with zero attached hydrogens (tertiary/aromatic N) is 1. The fraction of sp³-hybridized carbons (Fsp3) is 0.467. The van der Waals surface area contributed by atoms with Gasteiger partial charge in [-0.3, -0.25) is 4.79 Å². The number of ether oxygens (including phenoxy) is 1. The molecule has 2 N–H and O–H groups in total. The summed E-state index contributed by atoms with van der Waals surface area (Å²) in [6, 6.07) is 9.46. The van der Waals surface area contributed by atoms with Crippen molar-refractivity contribution in [3.8, 4) is 0 Å². The number of nitrogens with two attached hydrogens (primary N) is 1. The van der Waals surface area contributed by atoms with Crippen LogP contribution in [0.5, 0.6) is 0 Å². The molecule has 4 nitrogen and oxygen atoms in total. The van der Waals surface area contributed by atoms with Gasteiger partial charge in [-0.15, -0.1) is 0 Å². The highest BCUT2D eigenvalue weighted by atomic mass is 32.1. The number of methoxy groups -OCH3 is 1. The Labute approximate surface area is 125 Å². The third-order valence-corrected chi connectivity index (χ3v) is 3.64. The smallest absolute Gasteiger partial charge is 0.256 e. The number of rotatable bonds is 7. The van der Waals surface area contributed by atoms with Crippen LogP contribution in [-0.4, -0.2) is 36.0 Å². The first-order chi connectivity index (χ1) is 9.51. The van der Waals surface area contributed by atoms with Crippen molar-refractivity contribution in [2.45, 2.75) is 20.0 Å². The zero-order chi connectivity index (χ0) is 15.1. The van der Waals surface area contributed by atoms with Crippen LogP contribution in [-0.2, 0) is 9.53 Å². The molecule has 1 rings (SSSR count). The van der Waals surface area contributed by atoms with Crippen molar-refractivity contribution >= 4 is 23.1 Å². The van der Waals surface area contributed by atoms with E-state index in [0.29, 0.717) is 18.1 Å². The maximum absolute atomic E-state index is 12.6. The van der Waals surface area contributed by atoms with Gasteiger partial charge in [0.05, 0.1) is 4.99 Å². The highest BCUT2D eigenvalue weighted by molar-refractivity contribution is 7.80. The topological polar surface area (TPSA) is 55.6 Å². The second kappa shape index (κ2) is 7.97. The Morgan fingerprint density at radius 3 is 2.45 bits per heavy atom. The molecule has 0 heterocycles. The van der Waals surface area contributed by atoms with Gasteiger partial charge in [0.2, 0.25) is 0 Å². The number of carbonyl (C=O) groups excluding carboxylic acids is 1. The van der Waals surface area contributed by atoms with Gasteiger partial charge in [-0.1, -0.05) is 49.5 Å². The fourth-order valence-corrected chi connectivity index (χ4v) is 2.04. The monoisotopic (exact) mass is 294 g/mol. The van der Waals surface area contributed by atoms with Gasteiger partial charge in [-0.2, -0.15) is 0 Å². The Hall–Kier alpha value is -1.46. The maximum atomic E-state index is 12.6. The molecule has 2 unspecified atom stereocenters. The molecule has 1 aromatic carbocycles. The van der Waals surface area contributed by atoms with E-state index in [-0.39, 0.29) is 11.8 Å². The molecule has 0 aromatic heterocycles. The Morgan fingerprint density at radius 2 is 2.00 bits per heavy atom. The SMILES string of the molecule is CCN(CC(C)C(N)=S)C(=O)C(OC)c1ccccc1. The van der Waals surface area contributed by atoms with E-state index in [1.54, 1.807) is 12.0 Å². The Morgan fingerprint density at radius 1 is 1.40 bits per heavy atom. The van der Waals surface area contributed by atoms with Crippen molar-refractivity contribution in [2.75, 3.05) is 20.2 Å². The predicted octanol–water partition coefficient (Wildman–Crippen LogP) is 2.14. The van der Waals surface area contributed by atoms with Gasteiger partial charge in [0.15, 0.2) is 6.10 Å². The highest BCUT2D eigenvalue weighted by Gasteiger charge is 2.26. The zero-order valence-corrected chi connectivity index (χ0v) is 13.0. The number of hydrogen-bond donors (Lipinski definition) is 1. The summed E-state index contributed by atoms with van der Waals surface area (Å²) in [5.74, 6) is -0.0773. The lowest BCUT2D eigenvalue weighted by Crippen LogP contribution is -2.41. The average molecular weight is 294 g/mol. The van der Waals surface area contributed by atoms with Crippen molar-refractivity contribution < 1.29 is 9.53 Å². The van der Waals surface area contributed by atoms with Gasteiger partial charge < -0.3 is 15.4 Å². The molecule has 0 saturated heterocycles. The molecular weight excluding hydrogens is 272 g/mol. The van der Waals surface area contributed by atoms with Crippen LogP contribution in [0.15, 0.2) is 30.3 Å². The zero-order valence-electron chi connectivity index (χ0n) is 12.2. The number of amides is 1. The van der Waals surface area contributed by atoms with Crippen molar-refractivity contribution in [2.24, 2.45) is 11.7 Å². The summed E-state index contributed by atoms with van der Waals surface area (Å²) < 4.78 is 5.37. The first-order valence-corrected chi connectivity index (χ1v) is 7.07. The van der Waals surface area contributed by atoms with Crippen LogP contribution in [0.4, 0.5) is 0 Å². The molecule has 0 fully saturated rings. The number of benzene rings is 1. The number of carbonyl (C=O) groups is 1. The van der Waals surface area contributed by atoms with Crippen LogP contribution < -0.4 is 5.73 Å². The third-order valence-electron chi connectivity index (χ3n) is 3.24. The van der Waals surface area contributed by atoms with Crippen LogP contribution in [0.3, 0.4) is 0 Å². The minimum atomic E-state index is -0.588. The van der Waals surface area contributed by atoms with Crippen molar-refractivity contribution in [3.63, 3.8) is 0 Å². The van der Waals surface area contributed by atoms with Gasteiger partial charge in [0.25, 0.3) is 5.91 Å². The molecule has 0 saturated carbocycles. The van der Waals surface area contributed by atoms with Crippen LogP contribution in [0.25, 0.3) is 0 Å². The fourth-order valence-electron chi connectivity index (χ4n) is 1.97. The Balaban J connectivity index is 2.85. The van der Waals surface area contributed by atoms with Crippen molar-refractivity contribution in [3.05, 3.63) is 35.9 Å². The standard InChI is InChI=1S/C15H22N2O2S/c1-4-17(10-11(2)14(16)20)15(18)13(19-3)12-8-6-5-7-9-12/h5-9,11,13H,4,10H2,1-3H3,(H2,16,20). The third kappa shape index (κ3) is 4.28. The van der Waals surface area contributed by atoms with Gasteiger partial charge in [-0.05, 0) is 12.5 Å². The lowest BCUT2D eigenvalue weighted by Gasteiger charge is -2.28. The molecule has 0 spiro atoms. The molecule has 20 heavy (non-hydrogen) atoms. The summed E-state index contributed by atoms with van der Waals surface area (Å²) in [4.78, 5) is 14.7. The van der Waals surface area contributed by atoms with Gasteiger partial charge >= 0.3 is 0 Å². The van der Waals surface area contributed by atoms with E-state index in [2.05, 4.69) is 0 Å². The van der Waals surface area contributed by atoms with E-state index in [1.165, 1.54) is 0 Å². The molecule has 110 valence electrons. The van der Waals surface area contributed by atoms with E-state index < -0.39 is 6.10 Å². The summed E-state index contributed by atoms with van der Waals surface area (Å²) in [6.45, 7) is 4.96. The second-order valence-electron chi connectivity index (χ2n) is 4.71. The minimum absolute atomic E-state index is 0.0119. The van der Waals surface area contributed by atoms with E-state index >= 15 is 0 Å².